The number of carbonyl (C=O) groups excluding carboxylic acids is 1. The number of allylic oxidation sites excluding steroid dienone is 2. The van der Waals surface area contributed by atoms with Crippen LogP contribution in [0.4, 0.5) is 10.1 Å². The van der Waals surface area contributed by atoms with Gasteiger partial charge in [0, 0.05) is 21.7 Å². The van der Waals surface area contributed by atoms with Crippen molar-refractivity contribution >= 4 is 35.3 Å². The lowest BCUT2D eigenvalue weighted by Crippen LogP contribution is -2.41. The Morgan fingerprint density at radius 1 is 1.02 bits per heavy atom. The van der Waals surface area contributed by atoms with E-state index in [-0.39, 0.29) is 17.3 Å². The van der Waals surface area contributed by atoms with Crippen molar-refractivity contribution in [3.63, 3.8) is 0 Å². The van der Waals surface area contributed by atoms with Crippen LogP contribution in [0.5, 0.6) is 5.75 Å². The maximum atomic E-state index is 13.4. The van der Waals surface area contributed by atoms with Gasteiger partial charge in [0.1, 0.15) is 17.2 Å². The van der Waals surface area contributed by atoms with E-state index in [0.29, 0.717) is 23.0 Å². The van der Waals surface area contributed by atoms with E-state index in [1.54, 1.807) is 24.4 Å². The van der Waals surface area contributed by atoms with Gasteiger partial charge in [-0.2, -0.15) is 0 Å². The fourth-order valence-electron chi connectivity index (χ4n) is 5.15. The molecular formula is C37H47Cl2FN2O2. The maximum Gasteiger partial charge on any atom is 0.211 e. The van der Waals surface area contributed by atoms with Crippen molar-refractivity contribution in [2.45, 2.75) is 85.2 Å². The molecule has 0 heterocycles. The van der Waals surface area contributed by atoms with Gasteiger partial charge < -0.3 is 15.4 Å². The van der Waals surface area contributed by atoms with Gasteiger partial charge in [-0.1, -0.05) is 81.3 Å². The van der Waals surface area contributed by atoms with E-state index < -0.39 is 0 Å². The zero-order valence-corrected chi connectivity index (χ0v) is 28.6. The van der Waals surface area contributed by atoms with Gasteiger partial charge in [-0.25, -0.2) is 4.39 Å². The third-order valence-corrected chi connectivity index (χ3v) is 8.28. The summed E-state index contributed by atoms with van der Waals surface area (Å²) in [5, 5.41) is 7.11. The van der Waals surface area contributed by atoms with E-state index >= 15 is 0 Å². The van der Waals surface area contributed by atoms with Gasteiger partial charge >= 0.3 is 0 Å². The average Bonchev–Trinajstić information content (AvgIpc) is 2.98. The fourth-order valence-corrected chi connectivity index (χ4v) is 5.50. The average molecular weight is 642 g/mol. The van der Waals surface area contributed by atoms with Gasteiger partial charge in [0.25, 0.3) is 0 Å². The van der Waals surface area contributed by atoms with Gasteiger partial charge in [-0.3, -0.25) is 4.79 Å². The van der Waals surface area contributed by atoms with E-state index in [2.05, 4.69) is 57.9 Å². The second-order valence-electron chi connectivity index (χ2n) is 11.5. The summed E-state index contributed by atoms with van der Waals surface area (Å²) >= 11 is 12.2. The first-order valence-corrected chi connectivity index (χ1v) is 15.9. The molecule has 0 aromatic heterocycles. The number of carbonyl (C=O) groups is 1. The van der Waals surface area contributed by atoms with Crippen LogP contribution in [0.3, 0.4) is 0 Å². The molecule has 0 aliphatic heterocycles. The standard InChI is InChI=1S/C21H32ClNO.C16H15ClFNO/c1-7-10-16(4)13-17(5)19-14-18(22)11-12-20(19)24-21(6,8-2)15-23-9-3;1-10-3-5-13(18)8-15(10)11(2)14-6-4-12(17)7-16(14)19-9-20/h9-12,14,17,23H,3,7-8,13,15H2,1-2,4-6H3;3-9,11H,1-2H3,(H,19,20)/b16-10-;. The molecule has 3 aromatic carbocycles. The highest BCUT2D eigenvalue weighted by atomic mass is 35.5. The fraction of sp³-hybridized carbons (Fsp3) is 0.378. The first-order chi connectivity index (χ1) is 20.9. The predicted molar refractivity (Wildman–Crippen MR) is 186 cm³/mol. The third-order valence-electron chi connectivity index (χ3n) is 7.81. The van der Waals surface area contributed by atoms with Crippen LogP contribution < -0.4 is 15.4 Å². The molecule has 0 aliphatic rings. The SMILES string of the molecule is C=CNCC(C)(CC)Oc1ccc(Cl)cc1C(C)C/C(C)=C\CC.Cc1ccc(F)cc1C(C)c1ccc(Cl)cc1NC=O. The molecule has 0 aliphatic carbocycles. The van der Waals surface area contributed by atoms with Crippen LogP contribution in [-0.2, 0) is 4.79 Å². The monoisotopic (exact) mass is 640 g/mol. The maximum absolute atomic E-state index is 13.4. The summed E-state index contributed by atoms with van der Waals surface area (Å²) in [6.07, 6.45) is 7.59. The first-order valence-electron chi connectivity index (χ1n) is 15.1. The summed E-state index contributed by atoms with van der Waals surface area (Å²) in [4.78, 5) is 10.7. The number of anilines is 1. The number of benzene rings is 3. The Kier molecular flexibility index (Phi) is 15.0. The second-order valence-corrected chi connectivity index (χ2v) is 12.3. The number of aryl methyl sites for hydroxylation is 1. The van der Waals surface area contributed by atoms with Gasteiger partial charge in [0.2, 0.25) is 6.41 Å². The number of ether oxygens (including phenoxy) is 1. The first kappa shape index (κ1) is 36.9. The molecule has 0 fully saturated rings. The Bertz CT molecular complexity index is 1420. The Labute approximate surface area is 273 Å². The molecule has 4 nitrogen and oxygen atoms in total. The molecule has 2 N–H and O–H groups in total. The van der Waals surface area contributed by atoms with Gasteiger partial charge in [-0.15, -0.1) is 0 Å². The summed E-state index contributed by atoms with van der Waals surface area (Å²) in [6, 6.07) is 16.0. The molecule has 7 heteroatoms. The Balaban J connectivity index is 0.000000311. The lowest BCUT2D eigenvalue weighted by molar-refractivity contribution is -0.105. The summed E-state index contributed by atoms with van der Waals surface area (Å²) in [6.45, 7) is 19.2. The number of nitrogens with one attached hydrogen (secondary N) is 2. The lowest BCUT2D eigenvalue weighted by Gasteiger charge is -2.31. The summed E-state index contributed by atoms with van der Waals surface area (Å²) in [5.74, 6) is 0.961. The third kappa shape index (κ3) is 11.0. The second kappa shape index (κ2) is 17.9. The zero-order valence-electron chi connectivity index (χ0n) is 27.1. The molecule has 3 rings (SSSR count). The van der Waals surface area contributed by atoms with Crippen LogP contribution >= 0.6 is 23.2 Å². The molecule has 0 bridgehead atoms. The van der Waals surface area contributed by atoms with Gasteiger partial charge in [0.05, 0.1) is 6.54 Å². The number of halogens is 3. The molecule has 0 radical (unpaired) electrons. The van der Waals surface area contributed by atoms with Crippen LogP contribution in [0.25, 0.3) is 0 Å². The normalized spacial score (nSPS) is 13.9. The molecule has 0 saturated carbocycles. The largest absolute Gasteiger partial charge is 0.485 e. The highest BCUT2D eigenvalue weighted by Gasteiger charge is 2.26. The smallest absolute Gasteiger partial charge is 0.211 e. The van der Waals surface area contributed by atoms with Crippen LogP contribution in [0.15, 0.2) is 79.0 Å². The molecule has 3 atom stereocenters. The minimum atomic E-state index is -0.287. The minimum absolute atomic E-state index is 0.0505. The van der Waals surface area contributed by atoms with E-state index in [1.807, 2.05) is 38.1 Å². The van der Waals surface area contributed by atoms with Crippen molar-refractivity contribution in [1.82, 2.24) is 5.32 Å². The van der Waals surface area contributed by atoms with Crippen LogP contribution in [-0.4, -0.2) is 18.6 Å². The minimum Gasteiger partial charge on any atom is -0.485 e. The van der Waals surface area contributed by atoms with E-state index in [4.69, 9.17) is 27.9 Å². The molecule has 44 heavy (non-hydrogen) atoms. The van der Waals surface area contributed by atoms with Crippen molar-refractivity contribution in [2.24, 2.45) is 0 Å². The van der Waals surface area contributed by atoms with Crippen LogP contribution in [0.2, 0.25) is 10.0 Å². The van der Waals surface area contributed by atoms with E-state index in [9.17, 15) is 9.18 Å². The molecule has 238 valence electrons. The lowest BCUT2D eigenvalue weighted by atomic mass is 9.89. The molecule has 3 unspecified atom stereocenters. The topological polar surface area (TPSA) is 50.4 Å². The number of rotatable bonds is 14. The van der Waals surface area contributed by atoms with Crippen LogP contribution in [0, 0.1) is 12.7 Å². The quantitative estimate of drug-likeness (QED) is 0.136. The number of hydrogen-bond donors (Lipinski definition) is 2. The van der Waals surface area contributed by atoms with Gasteiger partial charge in [-0.05, 0) is 117 Å². The molecule has 0 spiro atoms. The number of amides is 1. The van der Waals surface area contributed by atoms with Crippen molar-refractivity contribution in [2.75, 3.05) is 11.9 Å². The van der Waals surface area contributed by atoms with Crippen molar-refractivity contribution in [3.8, 4) is 5.75 Å². The van der Waals surface area contributed by atoms with Gasteiger partial charge in [0.15, 0.2) is 0 Å². The molecule has 0 saturated heterocycles. The highest BCUT2D eigenvalue weighted by Crippen LogP contribution is 2.36. The summed E-state index contributed by atoms with van der Waals surface area (Å²) < 4.78 is 19.9. The molecule has 1 amide bonds. The van der Waals surface area contributed by atoms with Crippen LogP contribution in [0.1, 0.15) is 94.9 Å². The zero-order chi connectivity index (χ0) is 32.9. The van der Waals surface area contributed by atoms with E-state index in [0.717, 1.165) is 53.3 Å². The number of hydrogen-bond acceptors (Lipinski definition) is 3. The van der Waals surface area contributed by atoms with Crippen molar-refractivity contribution in [1.29, 1.82) is 0 Å². The summed E-state index contributed by atoms with van der Waals surface area (Å²) in [5.41, 5.74) is 5.73. The highest BCUT2D eigenvalue weighted by molar-refractivity contribution is 6.31. The predicted octanol–water partition coefficient (Wildman–Crippen LogP) is 11.0. The Hall–Kier alpha value is -3.28. The Morgan fingerprint density at radius 3 is 2.34 bits per heavy atom. The summed E-state index contributed by atoms with van der Waals surface area (Å²) in [7, 11) is 0. The Morgan fingerprint density at radius 2 is 1.70 bits per heavy atom. The van der Waals surface area contributed by atoms with Crippen molar-refractivity contribution < 1.29 is 13.9 Å². The molecular weight excluding hydrogens is 594 g/mol. The molecule has 3 aromatic rings. The van der Waals surface area contributed by atoms with Crippen molar-refractivity contribution in [3.05, 3.63) is 117 Å². The van der Waals surface area contributed by atoms with E-state index in [1.165, 1.54) is 23.3 Å².